The first-order valence-corrected chi connectivity index (χ1v) is 11.6. The Bertz CT molecular complexity index is 784. The van der Waals surface area contributed by atoms with Crippen molar-refractivity contribution in [1.82, 2.24) is 0 Å². The van der Waals surface area contributed by atoms with Crippen LogP contribution in [0.25, 0.3) is 0 Å². The Morgan fingerprint density at radius 2 is 1.67 bits per heavy atom. The molecule has 4 aliphatic carbocycles. The standard InChI is InChI=1S/C25H36O5/c1-14(26)20-8-9-21-19-7-6-17-12-18(29-15(2)27)13-23(30-16(3)28)25(17,5)22(19)10-11-24(20,21)4/h6,18-23H,7-13H2,1-5H3. The van der Waals surface area contributed by atoms with Crippen LogP contribution in [-0.2, 0) is 23.9 Å². The van der Waals surface area contributed by atoms with Gasteiger partial charge in [-0.1, -0.05) is 25.5 Å². The second-order valence-electron chi connectivity index (χ2n) is 10.7. The smallest absolute Gasteiger partial charge is 0.302 e. The van der Waals surface area contributed by atoms with E-state index in [4.69, 9.17) is 9.47 Å². The van der Waals surface area contributed by atoms with Gasteiger partial charge in [0.25, 0.3) is 0 Å². The van der Waals surface area contributed by atoms with Gasteiger partial charge in [0.2, 0.25) is 0 Å². The molecule has 3 saturated carbocycles. The van der Waals surface area contributed by atoms with Crippen LogP contribution >= 0.6 is 0 Å². The summed E-state index contributed by atoms with van der Waals surface area (Å²) in [5.74, 6) is 1.47. The highest BCUT2D eigenvalue weighted by molar-refractivity contribution is 5.79. The molecule has 0 amide bonds. The number of ketones is 1. The van der Waals surface area contributed by atoms with Crippen LogP contribution in [0.5, 0.6) is 0 Å². The molecule has 5 heteroatoms. The van der Waals surface area contributed by atoms with Gasteiger partial charge in [-0.3, -0.25) is 14.4 Å². The molecule has 166 valence electrons. The summed E-state index contributed by atoms with van der Waals surface area (Å²) in [6.07, 6.45) is 8.40. The van der Waals surface area contributed by atoms with E-state index in [-0.39, 0.29) is 40.9 Å². The number of ether oxygens (including phenoxy) is 2. The molecular formula is C25H36O5. The van der Waals surface area contributed by atoms with Crippen molar-refractivity contribution in [3.05, 3.63) is 11.6 Å². The van der Waals surface area contributed by atoms with Crippen LogP contribution < -0.4 is 0 Å². The lowest BCUT2D eigenvalue weighted by molar-refractivity contribution is -0.172. The van der Waals surface area contributed by atoms with Gasteiger partial charge >= 0.3 is 11.9 Å². The number of carbonyl (C=O) groups excluding carboxylic acids is 3. The van der Waals surface area contributed by atoms with Gasteiger partial charge in [-0.05, 0) is 62.2 Å². The molecule has 4 rings (SSSR count). The number of fused-ring (bicyclic) bond motifs is 5. The van der Waals surface area contributed by atoms with E-state index in [0.29, 0.717) is 30.0 Å². The number of hydrogen-bond donors (Lipinski definition) is 0. The van der Waals surface area contributed by atoms with Gasteiger partial charge in [0.15, 0.2) is 0 Å². The average molecular weight is 417 g/mol. The summed E-state index contributed by atoms with van der Waals surface area (Å²) in [4.78, 5) is 35.9. The Kier molecular flexibility index (Phi) is 5.39. The summed E-state index contributed by atoms with van der Waals surface area (Å²) >= 11 is 0. The number of hydrogen-bond acceptors (Lipinski definition) is 5. The second kappa shape index (κ2) is 7.49. The first-order chi connectivity index (χ1) is 14.1. The zero-order chi connectivity index (χ0) is 21.8. The van der Waals surface area contributed by atoms with Crippen molar-refractivity contribution in [2.24, 2.45) is 34.5 Å². The van der Waals surface area contributed by atoms with Crippen molar-refractivity contribution in [3.8, 4) is 0 Å². The highest BCUT2D eigenvalue weighted by atomic mass is 16.6. The van der Waals surface area contributed by atoms with Crippen LogP contribution in [0.1, 0.15) is 79.6 Å². The van der Waals surface area contributed by atoms with Gasteiger partial charge in [-0.2, -0.15) is 0 Å². The summed E-state index contributed by atoms with van der Waals surface area (Å²) in [7, 11) is 0. The molecule has 30 heavy (non-hydrogen) atoms. The van der Waals surface area contributed by atoms with E-state index in [1.54, 1.807) is 6.92 Å². The normalized spacial score (nSPS) is 44.8. The lowest BCUT2D eigenvalue weighted by Crippen LogP contribution is -2.57. The minimum absolute atomic E-state index is 0.0978. The van der Waals surface area contributed by atoms with Gasteiger partial charge in [0.05, 0.1) is 0 Å². The Morgan fingerprint density at radius 1 is 0.967 bits per heavy atom. The lowest BCUT2D eigenvalue weighted by atomic mass is 9.46. The van der Waals surface area contributed by atoms with Crippen LogP contribution in [0.15, 0.2) is 11.6 Å². The molecule has 8 unspecified atom stereocenters. The van der Waals surface area contributed by atoms with Crippen LogP contribution in [0, 0.1) is 34.5 Å². The monoisotopic (exact) mass is 416 g/mol. The molecule has 0 heterocycles. The summed E-state index contributed by atoms with van der Waals surface area (Å²) in [6, 6.07) is 0. The quantitative estimate of drug-likeness (QED) is 0.496. The highest BCUT2D eigenvalue weighted by Gasteiger charge is 2.62. The van der Waals surface area contributed by atoms with Crippen LogP contribution in [-0.4, -0.2) is 29.9 Å². The molecule has 0 radical (unpaired) electrons. The van der Waals surface area contributed by atoms with Gasteiger partial charge in [0, 0.05) is 38.0 Å². The van der Waals surface area contributed by atoms with E-state index in [2.05, 4.69) is 19.9 Å². The van der Waals surface area contributed by atoms with Crippen molar-refractivity contribution < 1.29 is 23.9 Å². The fourth-order valence-electron chi connectivity index (χ4n) is 8.02. The molecule has 0 saturated heterocycles. The van der Waals surface area contributed by atoms with Crippen LogP contribution in [0.2, 0.25) is 0 Å². The van der Waals surface area contributed by atoms with Crippen molar-refractivity contribution in [2.45, 2.75) is 91.8 Å². The van der Waals surface area contributed by atoms with E-state index in [1.807, 2.05) is 0 Å². The predicted molar refractivity (Wildman–Crippen MR) is 112 cm³/mol. The number of Topliss-reactive ketones (excluding diaryl/α,β-unsaturated/α-hetero) is 1. The number of rotatable bonds is 3. The zero-order valence-electron chi connectivity index (χ0n) is 19.0. The molecule has 4 aliphatic rings. The minimum atomic E-state index is -0.283. The Labute approximate surface area is 179 Å². The third kappa shape index (κ3) is 3.23. The molecule has 0 spiro atoms. The maximum Gasteiger partial charge on any atom is 0.302 e. The van der Waals surface area contributed by atoms with Gasteiger partial charge < -0.3 is 9.47 Å². The maximum absolute atomic E-state index is 12.3. The summed E-state index contributed by atoms with van der Waals surface area (Å²) in [5.41, 5.74) is 1.17. The topological polar surface area (TPSA) is 69.7 Å². The largest absolute Gasteiger partial charge is 0.462 e. The third-order valence-corrected chi connectivity index (χ3v) is 9.26. The number of allylic oxidation sites excluding steroid dienone is 1. The van der Waals surface area contributed by atoms with Gasteiger partial charge in [-0.25, -0.2) is 0 Å². The van der Waals surface area contributed by atoms with Gasteiger partial charge in [0.1, 0.15) is 18.0 Å². The Hall–Kier alpha value is -1.65. The molecule has 0 aromatic rings. The second-order valence-corrected chi connectivity index (χ2v) is 10.7. The molecule has 0 aliphatic heterocycles. The Morgan fingerprint density at radius 3 is 2.30 bits per heavy atom. The summed E-state index contributed by atoms with van der Waals surface area (Å²) < 4.78 is 11.4. The highest BCUT2D eigenvalue weighted by Crippen LogP contribution is 2.66. The van der Waals surface area contributed by atoms with E-state index >= 15 is 0 Å². The minimum Gasteiger partial charge on any atom is -0.462 e. The lowest BCUT2D eigenvalue weighted by Gasteiger charge is -2.59. The number of esters is 2. The molecule has 0 N–H and O–H groups in total. The average Bonchev–Trinajstić information content (AvgIpc) is 2.99. The van der Waals surface area contributed by atoms with E-state index in [0.717, 1.165) is 38.5 Å². The Balaban J connectivity index is 1.68. The third-order valence-electron chi connectivity index (χ3n) is 9.26. The molecule has 0 aromatic heterocycles. The predicted octanol–water partition coefficient (Wildman–Crippen LogP) is 4.63. The van der Waals surface area contributed by atoms with E-state index in [1.165, 1.54) is 19.4 Å². The molecule has 5 nitrogen and oxygen atoms in total. The fraction of sp³-hybridized carbons (Fsp3) is 0.800. The summed E-state index contributed by atoms with van der Waals surface area (Å²) in [6.45, 7) is 9.28. The van der Waals surface area contributed by atoms with E-state index in [9.17, 15) is 14.4 Å². The molecule has 8 atom stereocenters. The van der Waals surface area contributed by atoms with Gasteiger partial charge in [-0.15, -0.1) is 0 Å². The van der Waals surface area contributed by atoms with E-state index < -0.39 is 0 Å². The first kappa shape index (κ1) is 21.6. The van der Waals surface area contributed by atoms with Crippen LogP contribution in [0.4, 0.5) is 0 Å². The fourth-order valence-corrected chi connectivity index (χ4v) is 8.02. The SMILES string of the molecule is CC(=O)OC1CC2=CCC3C4CCC(C(C)=O)C4(C)CCC3C2(C)C(OC(C)=O)C1. The molecule has 3 fully saturated rings. The van der Waals surface area contributed by atoms with Crippen molar-refractivity contribution >= 4 is 17.7 Å². The molecule has 0 bridgehead atoms. The van der Waals surface area contributed by atoms with Crippen molar-refractivity contribution in [3.63, 3.8) is 0 Å². The molecular weight excluding hydrogens is 380 g/mol. The summed E-state index contributed by atoms with van der Waals surface area (Å²) in [5, 5.41) is 0. The number of carbonyl (C=O) groups is 3. The first-order valence-electron chi connectivity index (χ1n) is 11.6. The van der Waals surface area contributed by atoms with Crippen molar-refractivity contribution in [1.29, 1.82) is 0 Å². The van der Waals surface area contributed by atoms with Crippen LogP contribution in [0.3, 0.4) is 0 Å². The molecule has 0 aromatic carbocycles. The zero-order valence-corrected chi connectivity index (χ0v) is 19.0. The maximum atomic E-state index is 12.3. The van der Waals surface area contributed by atoms with Crippen molar-refractivity contribution in [2.75, 3.05) is 0 Å².